The summed E-state index contributed by atoms with van der Waals surface area (Å²) in [6, 6.07) is 0.0871. The topological polar surface area (TPSA) is 56.8 Å². The van der Waals surface area contributed by atoms with Crippen LogP contribution in [0.2, 0.25) is 0 Å². The van der Waals surface area contributed by atoms with E-state index in [0.29, 0.717) is 26.4 Å². The molecule has 0 unspecified atom stereocenters. The van der Waals surface area contributed by atoms with Gasteiger partial charge in [0, 0.05) is 32.8 Å². The molecule has 0 aromatic rings. The SMILES string of the molecule is CO[C@@H]1COCC[C@H]1NC(=O)C1CCOCC1. The van der Waals surface area contributed by atoms with Gasteiger partial charge >= 0.3 is 0 Å². The standard InChI is InChI=1S/C12H21NO4/c1-15-11-8-17-7-4-10(11)13-12(14)9-2-5-16-6-3-9/h9-11H,2-8H2,1H3,(H,13,14)/t10-,11-/m1/s1. The summed E-state index contributed by atoms with van der Waals surface area (Å²) < 4.78 is 15.9. The maximum absolute atomic E-state index is 12.1. The Labute approximate surface area is 102 Å². The van der Waals surface area contributed by atoms with E-state index in [1.165, 1.54) is 0 Å². The Bertz CT molecular complexity index is 253. The molecular weight excluding hydrogens is 222 g/mol. The third kappa shape index (κ3) is 3.40. The van der Waals surface area contributed by atoms with Crippen molar-refractivity contribution in [1.82, 2.24) is 5.32 Å². The van der Waals surface area contributed by atoms with Gasteiger partial charge in [0.1, 0.15) is 6.10 Å². The van der Waals surface area contributed by atoms with Gasteiger partial charge in [-0.2, -0.15) is 0 Å². The molecule has 2 atom stereocenters. The van der Waals surface area contributed by atoms with Gasteiger partial charge in [0.2, 0.25) is 5.91 Å². The van der Waals surface area contributed by atoms with Crippen molar-refractivity contribution in [2.24, 2.45) is 5.92 Å². The highest BCUT2D eigenvalue weighted by Gasteiger charge is 2.30. The van der Waals surface area contributed by atoms with Crippen LogP contribution in [-0.4, -0.2) is 51.6 Å². The van der Waals surface area contributed by atoms with E-state index in [4.69, 9.17) is 14.2 Å². The summed E-state index contributed by atoms with van der Waals surface area (Å²) in [6.45, 7) is 2.65. The number of hydrogen-bond donors (Lipinski definition) is 1. The normalized spacial score (nSPS) is 31.1. The lowest BCUT2D eigenvalue weighted by molar-refractivity contribution is -0.131. The van der Waals surface area contributed by atoms with Crippen molar-refractivity contribution in [3.8, 4) is 0 Å². The minimum absolute atomic E-state index is 0.0208. The molecule has 17 heavy (non-hydrogen) atoms. The lowest BCUT2D eigenvalue weighted by Gasteiger charge is -2.32. The molecule has 0 bridgehead atoms. The van der Waals surface area contributed by atoms with Crippen molar-refractivity contribution in [2.75, 3.05) is 33.5 Å². The highest BCUT2D eigenvalue weighted by molar-refractivity contribution is 5.79. The van der Waals surface area contributed by atoms with Crippen LogP contribution in [0.15, 0.2) is 0 Å². The largest absolute Gasteiger partial charge is 0.381 e. The van der Waals surface area contributed by atoms with Crippen molar-refractivity contribution in [3.63, 3.8) is 0 Å². The molecule has 2 saturated heterocycles. The summed E-state index contributed by atoms with van der Waals surface area (Å²) in [7, 11) is 1.66. The molecule has 0 aliphatic carbocycles. The van der Waals surface area contributed by atoms with E-state index in [1.54, 1.807) is 7.11 Å². The van der Waals surface area contributed by atoms with Crippen LogP contribution in [0.3, 0.4) is 0 Å². The molecule has 98 valence electrons. The molecule has 0 aromatic heterocycles. The Balaban J connectivity index is 1.83. The monoisotopic (exact) mass is 243 g/mol. The Morgan fingerprint density at radius 1 is 1.18 bits per heavy atom. The summed E-state index contributed by atoms with van der Waals surface area (Å²) in [5, 5.41) is 3.09. The summed E-state index contributed by atoms with van der Waals surface area (Å²) in [5.74, 6) is 0.242. The fourth-order valence-electron chi connectivity index (χ4n) is 2.37. The summed E-state index contributed by atoms with van der Waals surface area (Å²) in [4.78, 5) is 12.1. The van der Waals surface area contributed by atoms with Crippen LogP contribution in [0.5, 0.6) is 0 Å². The highest BCUT2D eigenvalue weighted by Crippen LogP contribution is 2.17. The zero-order chi connectivity index (χ0) is 12.1. The molecule has 0 radical (unpaired) electrons. The molecule has 0 aromatic carbocycles. The summed E-state index contributed by atoms with van der Waals surface area (Å²) >= 11 is 0. The molecule has 1 amide bonds. The van der Waals surface area contributed by atoms with Gasteiger partial charge in [-0.05, 0) is 19.3 Å². The number of nitrogens with one attached hydrogen (secondary N) is 1. The lowest BCUT2D eigenvalue weighted by atomic mass is 9.97. The number of ether oxygens (including phenoxy) is 3. The molecule has 1 N–H and O–H groups in total. The number of hydrogen-bond acceptors (Lipinski definition) is 4. The molecule has 2 fully saturated rings. The first-order valence-corrected chi connectivity index (χ1v) is 6.30. The summed E-state index contributed by atoms with van der Waals surface area (Å²) in [5.41, 5.74) is 0. The zero-order valence-electron chi connectivity index (χ0n) is 10.3. The van der Waals surface area contributed by atoms with Crippen LogP contribution in [0.25, 0.3) is 0 Å². The van der Waals surface area contributed by atoms with E-state index in [-0.39, 0.29) is 24.0 Å². The number of rotatable bonds is 3. The van der Waals surface area contributed by atoms with Crippen LogP contribution in [0.4, 0.5) is 0 Å². The van der Waals surface area contributed by atoms with Gasteiger partial charge in [0.25, 0.3) is 0 Å². The number of amides is 1. The predicted octanol–water partition coefficient (Wildman–Crippen LogP) is 0.333. The first kappa shape index (κ1) is 12.8. The van der Waals surface area contributed by atoms with Crippen molar-refractivity contribution in [2.45, 2.75) is 31.4 Å². The third-order valence-corrected chi connectivity index (χ3v) is 3.53. The quantitative estimate of drug-likeness (QED) is 0.776. The van der Waals surface area contributed by atoms with Crippen molar-refractivity contribution in [3.05, 3.63) is 0 Å². The van der Waals surface area contributed by atoms with Gasteiger partial charge < -0.3 is 19.5 Å². The lowest BCUT2D eigenvalue weighted by Crippen LogP contribution is -2.51. The second-order valence-electron chi connectivity index (χ2n) is 4.64. The first-order valence-electron chi connectivity index (χ1n) is 6.30. The number of carbonyl (C=O) groups excluding carboxylic acids is 1. The Morgan fingerprint density at radius 2 is 1.88 bits per heavy atom. The van der Waals surface area contributed by atoms with Gasteiger partial charge in [-0.25, -0.2) is 0 Å². The average molecular weight is 243 g/mol. The van der Waals surface area contributed by atoms with Crippen LogP contribution < -0.4 is 5.32 Å². The Morgan fingerprint density at radius 3 is 2.59 bits per heavy atom. The molecule has 2 aliphatic rings. The molecular formula is C12H21NO4. The van der Waals surface area contributed by atoms with Crippen LogP contribution >= 0.6 is 0 Å². The van der Waals surface area contributed by atoms with Crippen molar-refractivity contribution in [1.29, 1.82) is 0 Å². The van der Waals surface area contributed by atoms with Gasteiger partial charge in [-0.3, -0.25) is 4.79 Å². The molecule has 2 heterocycles. The molecule has 0 saturated carbocycles. The second kappa shape index (κ2) is 6.33. The fraction of sp³-hybridized carbons (Fsp3) is 0.917. The van der Waals surface area contributed by atoms with E-state index in [2.05, 4.69) is 5.32 Å². The smallest absolute Gasteiger partial charge is 0.223 e. The first-order chi connectivity index (χ1) is 8.31. The number of carbonyl (C=O) groups is 1. The van der Waals surface area contributed by atoms with E-state index >= 15 is 0 Å². The molecule has 2 rings (SSSR count). The Hall–Kier alpha value is -0.650. The summed E-state index contributed by atoms with van der Waals surface area (Å²) in [6.07, 6.45) is 2.46. The highest BCUT2D eigenvalue weighted by atomic mass is 16.5. The predicted molar refractivity (Wildman–Crippen MR) is 61.7 cm³/mol. The van der Waals surface area contributed by atoms with Crippen LogP contribution in [0, 0.1) is 5.92 Å². The molecule has 5 nitrogen and oxygen atoms in total. The van der Waals surface area contributed by atoms with Gasteiger partial charge in [0.15, 0.2) is 0 Å². The van der Waals surface area contributed by atoms with Gasteiger partial charge in [-0.1, -0.05) is 0 Å². The minimum atomic E-state index is -0.0208. The minimum Gasteiger partial charge on any atom is -0.381 e. The average Bonchev–Trinajstić information content (AvgIpc) is 2.40. The maximum Gasteiger partial charge on any atom is 0.223 e. The van der Waals surface area contributed by atoms with Gasteiger partial charge in [-0.15, -0.1) is 0 Å². The van der Waals surface area contributed by atoms with E-state index in [1.807, 2.05) is 0 Å². The molecule has 2 aliphatic heterocycles. The second-order valence-corrected chi connectivity index (χ2v) is 4.64. The van der Waals surface area contributed by atoms with Crippen molar-refractivity contribution < 1.29 is 19.0 Å². The fourth-order valence-corrected chi connectivity index (χ4v) is 2.37. The van der Waals surface area contributed by atoms with Crippen LogP contribution in [0.1, 0.15) is 19.3 Å². The molecule has 0 spiro atoms. The van der Waals surface area contributed by atoms with Gasteiger partial charge in [0.05, 0.1) is 12.6 Å². The molecule has 5 heteroatoms. The van der Waals surface area contributed by atoms with Crippen LogP contribution in [-0.2, 0) is 19.0 Å². The van der Waals surface area contributed by atoms with E-state index < -0.39 is 0 Å². The maximum atomic E-state index is 12.1. The Kier molecular flexibility index (Phi) is 4.76. The van der Waals surface area contributed by atoms with Crippen molar-refractivity contribution >= 4 is 5.91 Å². The zero-order valence-corrected chi connectivity index (χ0v) is 10.3. The third-order valence-electron chi connectivity index (χ3n) is 3.53. The van der Waals surface area contributed by atoms with E-state index in [9.17, 15) is 4.79 Å². The number of methoxy groups -OCH3 is 1. The van der Waals surface area contributed by atoms with E-state index in [0.717, 1.165) is 19.3 Å².